The third-order valence-corrected chi connectivity index (χ3v) is 4.83. The van der Waals surface area contributed by atoms with E-state index >= 15 is 0 Å². The summed E-state index contributed by atoms with van der Waals surface area (Å²) >= 11 is 0. The number of aliphatic hydroxyl groups is 1. The lowest BCUT2D eigenvalue weighted by Gasteiger charge is -2.05. The minimum absolute atomic E-state index is 0.103. The van der Waals surface area contributed by atoms with E-state index in [0.717, 1.165) is 11.1 Å². The number of ketones is 1. The number of carbonyl (C=O) groups excluding carboxylic acids is 2. The quantitative estimate of drug-likeness (QED) is 0.510. The van der Waals surface area contributed by atoms with Gasteiger partial charge in [0.15, 0.2) is 5.78 Å². The van der Waals surface area contributed by atoms with E-state index in [-0.39, 0.29) is 22.8 Å². The summed E-state index contributed by atoms with van der Waals surface area (Å²) in [6, 6.07) is 23.9. The number of rotatable bonds is 4. The van der Waals surface area contributed by atoms with E-state index in [0.29, 0.717) is 16.7 Å². The van der Waals surface area contributed by atoms with Gasteiger partial charge < -0.3 is 5.11 Å². The standard InChI is InChI=1S/C24H18N2O3/c1-15(21-22(27)19-9-5-6-10-20(19)23(21)28)25-26-24(29)18-13-11-17(12-14-18)16-7-3-2-4-8-16/h2-14,27H,1H3,(H,26,29)/b25-15+. The van der Waals surface area contributed by atoms with Gasteiger partial charge in [-0.15, -0.1) is 0 Å². The van der Waals surface area contributed by atoms with Crippen LogP contribution in [-0.4, -0.2) is 22.5 Å². The lowest BCUT2D eigenvalue weighted by atomic mass is 10.0. The molecule has 0 aromatic heterocycles. The van der Waals surface area contributed by atoms with Gasteiger partial charge in [-0.1, -0.05) is 66.7 Å². The van der Waals surface area contributed by atoms with Crippen molar-refractivity contribution in [3.63, 3.8) is 0 Å². The molecule has 5 heteroatoms. The van der Waals surface area contributed by atoms with Gasteiger partial charge in [-0.2, -0.15) is 5.10 Å². The number of hydrazone groups is 1. The number of benzene rings is 3. The molecule has 2 N–H and O–H groups in total. The van der Waals surface area contributed by atoms with Crippen LogP contribution in [0.4, 0.5) is 0 Å². The van der Waals surface area contributed by atoms with Crippen LogP contribution in [0.15, 0.2) is 89.5 Å². The minimum Gasteiger partial charge on any atom is -0.506 e. The zero-order valence-electron chi connectivity index (χ0n) is 15.7. The predicted molar refractivity (Wildman–Crippen MR) is 113 cm³/mol. The Morgan fingerprint density at radius 3 is 2.07 bits per heavy atom. The summed E-state index contributed by atoms with van der Waals surface area (Å²) in [5.74, 6) is -0.818. The van der Waals surface area contributed by atoms with Crippen molar-refractivity contribution in [3.05, 3.63) is 101 Å². The molecule has 4 rings (SSSR count). The van der Waals surface area contributed by atoms with Gasteiger partial charge in [-0.05, 0) is 30.2 Å². The first-order chi connectivity index (χ1) is 14.1. The van der Waals surface area contributed by atoms with E-state index in [1.54, 1.807) is 43.3 Å². The third-order valence-electron chi connectivity index (χ3n) is 4.83. The highest BCUT2D eigenvalue weighted by Gasteiger charge is 2.31. The Balaban J connectivity index is 1.50. The lowest BCUT2D eigenvalue weighted by molar-refractivity contribution is 0.0953. The molecular weight excluding hydrogens is 364 g/mol. The Kier molecular flexibility index (Phi) is 4.79. The topological polar surface area (TPSA) is 78.8 Å². The summed E-state index contributed by atoms with van der Waals surface area (Å²) < 4.78 is 0. The molecule has 0 heterocycles. The van der Waals surface area contributed by atoms with Crippen LogP contribution in [0.25, 0.3) is 16.9 Å². The summed E-state index contributed by atoms with van der Waals surface area (Å²) in [4.78, 5) is 24.9. The van der Waals surface area contributed by atoms with Gasteiger partial charge in [0.25, 0.3) is 5.91 Å². The van der Waals surface area contributed by atoms with E-state index in [4.69, 9.17) is 0 Å². The van der Waals surface area contributed by atoms with Crippen molar-refractivity contribution in [1.29, 1.82) is 0 Å². The molecule has 3 aromatic carbocycles. The highest BCUT2D eigenvalue weighted by Crippen LogP contribution is 2.31. The van der Waals surface area contributed by atoms with Gasteiger partial charge in [0, 0.05) is 16.7 Å². The van der Waals surface area contributed by atoms with E-state index < -0.39 is 5.91 Å². The molecule has 5 nitrogen and oxygen atoms in total. The predicted octanol–water partition coefficient (Wildman–Crippen LogP) is 4.62. The second-order valence-electron chi connectivity index (χ2n) is 6.68. The maximum Gasteiger partial charge on any atom is 0.271 e. The van der Waals surface area contributed by atoms with E-state index in [2.05, 4.69) is 10.5 Å². The van der Waals surface area contributed by atoms with Gasteiger partial charge in [-0.25, -0.2) is 5.43 Å². The highest BCUT2D eigenvalue weighted by atomic mass is 16.3. The second-order valence-corrected chi connectivity index (χ2v) is 6.68. The smallest absolute Gasteiger partial charge is 0.271 e. The summed E-state index contributed by atoms with van der Waals surface area (Å²) in [7, 11) is 0. The van der Waals surface area contributed by atoms with E-state index in [9.17, 15) is 14.7 Å². The van der Waals surface area contributed by atoms with Crippen molar-refractivity contribution >= 4 is 23.2 Å². The molecule has 29 heavy (non-hydrogen) atoms. The summed E-state index contributed by atoms with van der Waals surface area (Å²) in [5, 5.41) is 14.4. The highest BCUT2D eigenvalue weighted by molar-refractivity contribution is 6.35. The molecule has 1 aliphatic carbocycles. The van der Waals surface area contributed by atoms with Gasteiger partial charge in [0.05, 0.1) is 11.3 Å². The Labute approximate surface area is 168 Å². The average Bonchev–Trinajstić information content (AvgIpc) is 3.03. The first-order valence-corrected chi connectivity index (χ1v) is 9.14. The molecule has 0 saturated carbocycles. The molecule has 0 unspecified atom stereocenters. The summed E-state index contributed by atoms with van der Waals surface area (Å²) in [5.41, 5.74) is 6.23. The number of hydrogen-bond acceptors (Lipinski definition) is 4. The molecule has 0 radical (unpaired) electrons. The number of aliphatic hydroxyl groups excluding tert-OH is 1. The fraction of sp³-hybridized carbons (Fsp3) is 0.0417. The first-order valence-electron chi connectivity index (χ1n) is 9.14. The first kappa shape index (κ1) is 18.4. The maximum atomic E-state index is 12.5. The van der Waals surface area contributed by atoms with Gasteiger partial charge >= 0.3 is 0 Å². The number of nitrogens with one attached hydrogen (secondary N) is 1. The molecular formula is C24H18N2O3. The molecule has 3 aromatic rings. The molecule has 0 atom stereocenters. The van der Waals surface area contributed by atoms with Crippen molar-refractivity contribution in [2.75, 3.05) is 0 Å². The zero-order chi connectivity index (χ0) is 20.4. The van der Waals surface area contributed by atoms with Crippen molar-refractivity contribution in [1.82, 2.24) is 5.43 Å². The number of nitrogens with zero attached hydrogens (tertiary/aromatic N) is 1. The van der Waals surface area contributed by atoms with Crippen molar-refractivity contribution in [2.24, 2.45) is 5.10 Å². The Bertz CT molecular complexity index is 1160. The molecule has 1 aliphatic rings. The van der Waals surface area contributed by atoms with Crippen LogP contribution >= 0.6 is 0 Å². The molecule has 0 aliphatic heterocycles. The van der Waals surface area contributed by atoms with E-state index in [1.165, 1.54) is 0 Å². The zero-order valence-corrected chi connectivity index (χ0v) is 15.7. The number of hydrogen-bond donors (Lipinski definition) is 2. The molecule has 142 valence electrons. The third kappa shape index (κ3) is 3.46. The Morgan fingerprint density at radius 2 is 1.41 bits per heavy atom. The van der Waals surface area contributed by atoms with Crippen LogP contribution < -0.4 is 5.43 Å². The Morgan fingerprint density at radius 1 is 0.828 bits per heavy atom. The van der Waals surface area contributed by atoms with Crippen LogP contribution in [0.2, 0.25) is 0 Å². The van der Waals surface area contributed by atoms with Crippen LogP contribution in [0.1, 0.15) is 33.2 Å². The number of Topliss-reactive ketones (excluding diaryl/α,β-unsaturated/α-hetero) is 1. The number of allylic oxidation sites excluding steroid dienone is 1. The monoisotopic (exact) mass is 382 g/mol. The normalized spacial score (nSPS) is 13.4. The minimum atomic E-state index is -0.396. The van der Waals surface area contributed by atoms with Crippen LogP contribution in [0, 0.1) is 0 Å². The Hall–Kier alpha value is -3.99. The van der Waals surface area contributed by atoms with Crippen LogP contribution in [0.5, 0.6) is 0 Å². The van der Waals surface area contributed by atoms with Gasteiger partial charge in [0.2, 0.25) is 0 Å². The maximum absolute atomic E-state index is 12.5. The largest absolute Gasteiger partial charge is 0.506 e. The number of fused-ring (bicyclic) bond motifs is 1. The second kappa shape index (κ2) is 7.56. The lowest BCUT2D eigenvalue weighted by Crippen LogP contribution is -2.20. The van der Waals surface area contributed by atoms with Crippen molar-refractivity contribution < 1.29 is 14.7 Å². The summed E-state index contributed by atoms with van der Waals surface area (Å²) in [6.07, 6.45) is 0. The molecule has 0 fully saturated rings. The van der Waals surface area contributed by atoms with Gasteiger partial charge in [-0.3, -0.25) is 9.59 Å². The van der Waals surface area contributed by atoms with Crippen LogP contribution in [-0.2, 0) is 0 Å². The molecule has 1 amide bonds. The molecule has 0 spiro atoms. The van der Waals surface area contributed by atoms with Crippen LogP contribution in [0.3, 0.4) is 0 Å². The molecule has 0 saturated heterocycles. The van der Waals surface area contributed by atoms with Crippen molar-refractivity contribution in [3.8, 4) is 11.1 Å². The fourth-order valence-electron chi connectivity index (χ4n) is 3.30. The average molecular weight is 382 g/mol. The number of amides is 1. The van der Waals surface area contributed by atoms with E-state index in [1.807, 2.05) is 42.5 Å². The molecule has 0 bridgehead atoms. The van der Waals surface area contributed by atoms with Gasteiger partial charge in [0.1, 0.15) is 5.76 Å². The summed E-state index contributed by atoms with van der Waals surface area (Å²) in [6.45, 7) is 1.58. The SMILES string of the molecule is C/C(=N\NC(=O)c1ccc(-c2ccccc2)cc1)C1=C(O)c2ccccc2C1=O. The van der Waals surface area contributed by atoms with Crippen molar-refractivity contribution in [2.45, 2.75) is 6.92 Å². The number of carbonyl (C=O) groups is 2. The fourth-order valence-corrected chi connectivity index (χ4v) is 3.30.